The van der Waals surface area contributed by atoms with Crippen LogP contribution in [0.5, 0.6) is 0 Å². The lowest BCUT2D eigenvalue weighted by molar-refractivity contribution is 0.214. The third-order valence-corrected chi connectivity index (χ3v) is 7.78. The minimum atomic E-state index is -3.51. The summed E-state index contributed by atoms with van der Waals surface area (Å²) in [6.45, 7) is 4.27. The molecule has 4 rings (SSSR count). The lowest BCUT2D eigenvalue weighted by atomic mass is 10.1. The second-order valence-corrected chi connectivity index (χ2v) is 9.38. The van der Waals surface area contributed by atoms with E-state index in [1.165, 1.54) is 0 Å². The first-order chi connectivity index (χ1) is 14.2. The molecule has 29 heavy (non-hydrogen) atoms. The van der Waals surface area contributed by atoms with Gasteiger partial charge in [0, 0.05) is 5.39 Å². The summed E-state index contributed by atoms with van der Waals surface area (Å²) in [5.74, 6) is 0. The molecule has 2 aromatic carbocycles. The Bertz CT molecular complexity index is 1120. The van der Waals surface area contributed by atoms with Gasteiger partial charge in [-0.1, -0.05) is 36.4 Å². The van der Waals surface area contributed by atoms with E-state index in [4.69, 9.17) is 14.1 Å². The Labute approximate surface area is 174 Å². The number of aromatic nitrogens is 2. The van der Waals surface area contributed by atoms with Crippen LogP contribution in [0.15, 0.2) is 71.4 Å². The highest BCUT2D eigenvalue weighted by molar-refractivity contribution is 7.54. The Morgan fingerprint density at radius 2 is 1.69 bits per heavy atom. The van der Waals surface area contributed by atoms with Gasteiger partial charge >= 0.3 is 7.60 Å². The molecule has 0 saturated carbocycles. The predicted molar refractivity (Wildman–Crippen MR) is 118 cm³/mol. The minimum Gasteiger partial charge on any atom is -0.308 e. The zero-order valence-corrected chi connectivity index (χ0v) is 18.1. The van der Waals surface area contributed by atoms with Crippen molar-refractivity contribution in [3.8, 4) is 5.69 Å². The molecular weight excluding hydrogens is 403 g/mol. The zero-order valence-electron chi connectivity index (χ0n) is 16.4. The first-order valence-corrected chi connectivity index (χ1v) is 12.2. The molecule has 0 aliphatic heterocycles. The molecule has 0 bridgehead atoms. The van der Waals surface area contributed by atoms with E-state index in [1.54, 1.807) is 11.3 Å². The summed E-state index contributed by atoms with van der Waals surface area (Å²) >= 11 is 1.56. The Kier molecular flexibility index (Phi) is 5.97. The molecule has 1 atom stereocenters. The summed E-state index contributed by atoms with van der Waals surface area (Å²) in [7, 11) is -3.51. The number of rotatable bonds is 8. The van der Waals surface area contributed by atoms with Gasteiger partial charge in [-0.25, -0.2) is 4.68 Å². The van der Waals surface area contributed by atoms with Crippen molar-refractivity contribution in [1.29, 1.82) is 0 Å². The van der Waals surface area contributed by atoms with Crippen molar-refractivity contribution >= 4 is 29.8 Å². The van der Waals surface area contributed by atoms with Gasteiger partial charge in [0.2, 0.25) is 0 Å². The second kappa shape index (κ2) is 8.64. The summed E-state index contributed by atoms with van der Waals surface area (Å²) in [6.07, 6.45) is 0. The molecule has 150 valence electrons. The Morgan fingerprint density at radius 1 is 1.00 bits per heavy atom. The van der Waals surface area contributed by atoms with E-state index in [-0.39, 0.29) is 0 Å². The van der Waals surface area contributed by atoms with Crippen molar-refractivity contribution in [2.75, 3.05) is 13.2 Å². The normalized spacial score (nSPS) is 13.0. The molecule has 0 saturated heterocycles. The smallest absolute Gasteiger partial charge is 0.308 e. The first kappa shape index (κ1) is 20.0. The molecule has 0 aliphatic rings. The number of hydrogen-bond donors (Lipinski definition) is 0. The summed E-state index contributed by atoms with van der Waals surface area (Å²) in [5.41, 5.74) is 2.88. The largest absolute Gasteiger partial charge is 0.344 e. The topological polar surface area (TPSA) is 53.4 Å². The van der Waals surface area contributed by atoms with Crippen LogP contribution in [-0.2, 0) is 13.6 Å². The van der Waals surface area contributed by atoms with Gasteiger partial charge in [-0.3, -0.25) is 4.57 Å². The molecular formula is C22H23N2O3PS. The van der Waals surface area contributed by atoms with Crippen LogP contribution in [0.1, 0.15) is 30.8 Å². The highest BCUT2D eigenvalue weighted by atomic mass is 32.1. The Morgan fingerprint density at radius 3 is 2.34 bits per heavy atom. The quantitative estimate of drug-likeness (QED) is 0.304. The average Bonchev–Trinajstić information content (AvgIpc) is 3.38. The van der Waals surface area contributed by atoms with Crippen molar-refractivity contribution in [2.45, 2.75) is 19.5 Å². The van der Waals surface area contributed by atoms with Gasteiger partial charge in [0.05, 0.1) is 30.1 Å². The maximum absolute atomic E-state index is 14.1. The third kappa shape index (κ3) is 3.81. The molecule has 5 nitrogen and oxygen atoms in total. The summed E-state index contributed by atoms with van der Waals surface area (Å²) in [6, 6.07) is 19.8. The third-order valence-electron chi connectivity index (χ3n) is 4.67. The Hall–Kier alpha value is -2.24. The van der Waals surface area contributed by atoms with E-state index in [9.17, 15) is 4.57 Å². The van der Waals surface area contributed by atoms with Crippen LogP contribution in [-0.4, -0.2) is 23.0 Å². The molecule has 0 spiro atoms. The van der Waals surface area contributed by atoms with Crippen molar-refractivity contribution in [3.05, 3.63) is 82.7 Å². The van der Waals surface area contributed by atoms with Gasteiger partial charge in [0.1, 0.15) is 5.66 Å². The Balaban J connectivity index is 2.04. The van der Waals surface area contributed by atoms with Crippen LogP contribution in [0.4, 0.5) is 0 Å². The van der Waals surface area contributed by atoms with Crippen molar-refractivity contribution < 1.29 is 13.6 Å². The predicted octanol–water partition coefficient (Wildman–Crippen LogP) is 6.44. The fourth-order valence-corrected chi connectivity index (χ4v) is 6.50. The van der Waals surface area contributed by atoms with E-state index in [1.807, 2.05) is 90.0 Å². The number of fused-ring (bicyclic) bond motifs is 1. The van der Waals surface area contributed by atoms with Crippen LogP contribution in [0.25, 0.3) is 16.6 Å². The molecule has 2 aromatic heterocycles. The van der Waals surface area contributed by atoms with E-state index in [2.05, 4.69) is 0 Å². The van der Waals surface area contributed by atoms with Crippen LogP contribution < -0.4 is 0 Å². The molecule has 0 aliphatic carbocycles. The first-order valence-electron chi connectivity index (χ1n) is 9.62. The molecule has 2 heterocycles. The molecule has 0 amide bonds. The van der Waals surface area contributed by atoms with Gasteiger partial charge in [0.15, 0.2) is 0 Å². The van der Waals surface area contributed by atoms with Crippen LogP contribution in [0.3, 0.4) is 0 Å². The van der Waals surface area contributed by atoms with Crippen molar-refractivity contribution in [1.82, 2.24) is 9.78 Å². The molecule has 0 N–H and O–H groups in total. The summed E-state index contributed by atoms with van der Waals surface area (Å²) < 4.78 is 27.6. The van der Waals surface area contributed by atoms with E-state index >= 15 is 0 Å². The molecule has 7 heteroatoms. The fraction of sp³-hybridized carbons (Fsp3) is 0.227. The van der Waals surface area contributed by atoms with Gasteiger partial charge in [0.25, 0.3) is 0 Å². The number of nitrogens with zero attached hydrogens (tertiary/aromatic N) is 2. The van der Waals surface area contributed by atoms with E-state index < -0.39 is 13.3 Å². The maximum atomic E-state index is 14.1. The van der Waals surface area contributed by atoms with Gasteiger partial charge < -0.3 is 9.05 Å². The molecule has 1 unspecified atom stereocenters. The second-order valence-electron chi connectivity index (χ2n) is 6.48. The minimum absolute atomic E-state index is 0.301. The lowest BCUT2D eigenvalue weighted by Crippen LogP contribution is -2.13. The van der Waals surface area contributed by atoms with Gasteiger partial charge in [-0.05, 0) is 54.4 Å². The van der Waals surface area contributed by atoms with Gasteiger partial charge in [-0.15, -0.1) is 0 Å². The highest BCUT2D eigenvalue weighted by Crippen LogP contribution is 2.64. The number of thiophene rings is 1. The fourth-order valence-electron chi connectivity index (χ4n) is 3.55. The number of hydrogen-bond acceptors (Lipinski definition) is 5. The SMILES string of the molecule is CCOP(=O)(OCC)C(c1ccsc1)c1c2ccccc2nn1-c1ccccc1. The molecule has 0 fully saturated rings. The molecule has 4 aromatic rings. The summed E-state index contributed by atoms with van der Waals surface area (Å²) in [4.78, 5) is 0. The average molecular weight is 426 g/mol. The van der Waals surface area contributed by atoms with E-state index in [0.717, 1.165) is 27.8 Å². The maximum Gasteiger partial charge on any atom is 0.344 e. The highest BCUT2D eigenvalue weighted by Gasteiger charge is 2.42. The van der Waals surface area contributed by atoms with Crippen molar-refractivity contribution in [2.24, 2.45) is 0 Å². The lowest BCUT2D eigenvalue weighted by Gasteiger charge is -2.27. The monoisotopic (exact) mass is 426 g/mol. The summed E-state index contributed by atoms with van der Waals surface area (Å²) in [5, 5.41) is 9.76. The van der Waals surface area contributed by atoms with Crippen LogP contribution in [0.2, 0.25) is 0 Å². The standard InChI is InChI=1S/C22H23N2O3PS/c1-3-26-28(25,27-4-2)22(17-14-15-29-16-17)21-19-12-8-9-13-20(19)23-24(21)18-10-6-5-7-11-18/h5-16,22H,3-4H2,1-2H3. The van der Waals surface area contributed by atoms with Crippen LogP contribution >= 0.6 is 18.9 Å². The van der Waals surface area contributed by atoms with Crippen molar-refractivity contribution in [3.63, 3.8) is 0 Å². The number of benzene rings is 2. The van der Waals surface area contributed by atoms with E-state index in [0.29, 0.717) is 13.2 Å². The number of para-hydroxylation sites is 1. The van der Waals surface area contributed by atoms with Crippen LogP contribution in [0, 0.1) is 0 Å². The molecule has 0 radical (unpaired) electrons. The zero-order chi connectivity index (χ0) is 20.3. The van der Waals surface area contributed by atoms with Gasteiger partial charge in [-0.2, -0.15) is 16.4 Å².